The van der Waals surface area contributed by atoms with Gasteiger partial charge in [0.25, 0.3) is 0 Å². The van der Waals surface area contributed by atoms with Crippen molar-refractivity contribution < 1.29 is 5.11 Å². The molecule has 0 radical (unpaired) electrons. The summed E-state index contributed by atoms with van der Waals surface area (Å²) in [4.78, 5) is 2.40. The zero-order chi connectivity index (χ0) is 14.0. The van der Waals surface area contributed by atoms with E-state index in [1.54, 1.807) is 0 Å². The predicted octanol–water partition coefficient (Wildman–Crippen LogP) is 2.50. The summed E-state index contributed by atoms with van der Waals surface area (Å²) in [7, 11) is 0. The van der Waals surface area contributed by atoms with Crippen molar-refractivity contribution in [2.45, 2.75) is 59.9 Å². The van der Waals surface area contributed by atoms with Gasteiger partial charge in [-0.25, -0.2) is 0 Å². The second kappa shape index (κ2) is 9.76. The van der Waals surface area contributed by atoms with Crippen LogP contribution in [-0.2, 0) is 0 Å². The average molecular weight is 258 g/mol. The fraction of sp³-hybridized carbons (Fsp3) is 1.00. The minimum Gasteiger partial charge on any atom is -0.395 e. The van der Waals surface area contributed by atoms with Gasteiger partial charge >= 0.3 is 0 Å². The fourth-order valence-electron chi connectivity index (χ4n) is 2.14. The fourth-order valence-corrected chi connectivity index (χ4v) is 2.14. The van der Waals surface area contributed by atoms with Crippen molar-refractivity contribution in [2.75, 3.05) is 32.8 Å². The summed E-state index contributed by atoms with van der Waals surface area (Å²) in [6.07, 6.45) is 3.61. The SMILES string of the molecule is CCCCN(CCO)CC(C)(C)C(C)NCCC. The van der Waals surface area contributed by atoms with Crippen molar-refractivity contribution in [3.05, 3.63) is 0 Å². The Morgan fingerprint density at radius 1 is 1.17 bits per heavy atom. The molecule has 0 amide bonds. The minimum absolute atomic E-state index is 0.234. The highest BCUT2D eigenvalue weighted by molar-refractivity contribution is 4.83. The number of rotatable bonds is 11. The third kappa shape index (κ3) is 7.34. The van der Waals surface area contributed by atoms with E-state index in [0.29, 0.717) is 6.04 Å². The summed E-state index contributed by atoms with van der Waals surface area (Å²) in [5, 5.41) is 12.7. The summed E-state index contributed by atoms with van der Waals surface area (Å²) in [5.74, 6) is 0. The van der Waals surface area contributed by atoms with Crippen LogP contribution in [-0.4, -0.2) is 48.8 Å². The first-order valence-electron chi connectivity index (χ1n) is 7.54. The highest BCUT2D eigenvalue weighted by Gasteiger charge is 2.27. The largest absolute Gasteiger partial charge is 0.395 e. The molecule has 0 aromatic carbocycles. The number of hydrogen-bond acceptors (Lipinski definition) is 3. The van der Waals surface area contributed by atoms with Gasteiger partial charge in [-0.15, -0.1) is 0 Å². The van der Waals surface area contributed by atoms with Crippen LogP contribution in [0.1, 0.15) is 53.9 Å². The number of aliphatic hydroxyl groups is 1. The number of aliphatic hydroxyl groups excluding tert-OH is 1. The van der Waals surface area contributed by atoms with E-state index in [1.165, 1.54) is 19.3 Å². The molecule has 0 saturated heterocycles. The van der Waals surface area contributed by atoms with E-state index in [1.807, 2.05) is 0 Å². The van der Waals surface area contributed by atoms with Crippen LogP contribution in [0.2, 0.25) is 0 Å². The van der Waals surface area contributed by atoms with Gasteiger partial charge < -0.3 is 15.3 Å². The molecule has 1 unspecified atom stereocenters. The van der Waals surface area contributed by atoms with Gasteiger partial charge in [-0.05, 0) is 38.3 Å². The molecule has 110 valence electrons. The van der Waals surface area contributed by atoms with E-state index in [9.17, 15) is 0 Å². The molecule has 3 heteroatoms. The molecule has 0 aliphatic rings. The van der Waals surface area contributed by atoms with Crippen molar-refractivity contribution in [3.8, 4) is 0 Å². The first-order chi connectivity index (χ1) is 8.47. The smallest absolute Gasteiger partial charge is 0.0558 e. The van der Waals surface area contributed by atoms with Crippen LogP contribution in [0, 0.1) is 5.41 Å². The zero-order valence-electron chi connectivity index (χ0n) is 13.1. The lowest BCUT2D eigenvalue weighted by Crippen LogP contribution is -2.47. The van der Waals surface area contributed by atoms with Crippen LogP contribution in [0.3, 0.4) is 0 Å². The van der Waals surface area contributed by atoms with Crippen LogP contribution in [0.15, 0.2) is 0 Å². The highest BCUT2D eigenvalue weighted by Crippen LogP contribution is 2.22. The predicted molar refractivity (Wildman–Crippen MR) is 80.0 cm³/mol. The molecule has 0 aromatic rings. The normalized spacial score (nSPS) is 14.2. The summed E-state index contributed by atoms with van der Waals surface area (Å²) in [5.41, 5.74) is 0.234. The standard InChI is InChI=1S/C15H34N2O/c1-6-8-10-17(11-12-18)13-15(4,5)14(3)16-9-7-2/h14,16,18H,6-13H2,1-5H3. The van der Waals surface area contributed by atoms with Gasteiger partial charge in [0, 0.05) is 19.1 Å². The molecule has 0 bridgehead atoms. The van der Waals surface area contributed by atoms with Crippen LogP contribution < -0.4 is 5.32 Å². The van der Waals surface area contributed by atoms with Crippen molar-refractivity contribution in [3.63, 3.8) is 0 Å². The molecule has 18 heavy (non-hydrogen) atoms. The van der Waals surface area contributed by atoms with E-state index in [0.717, 1.165) is 26.2 Å². The molecule has 0 aliphatic heterocycles. The van der Waals surface area contributed by atoms with Crippen molar-refractivity contribution in [1.29, 1.82) is 0 Å². The Morgan fingerprint density at radius 2 is 1.83 bits per heavy atom. The first kappa shape index (κ1) is 17.9. The zero-order valence-corrected chi connectivity index (χ0v) is 13.1. The number of unbranched alkanes of at least 4 members (excludes halogenated alkanes) is 1. The summed E-state index contributed by atoms with van der Waals surface area (Å²) in [6, 6.07) is 0.500. The Bertz CT molecular complexity index is 195. The first-order valence-corrected chi connectivity index (χ1v) is 7.54. The second-order valence-electron chi connectivity index (χ2n) is 6.02. The van der Waals surface area contributed by atoms with E-state index >= 15 is 0 Å². The van der Waals surface area contributed by atoms with Crippen LogP contribution >= 0.6 is 0 Å². The molecule has 0 heterocycles. The maximum Gasteiger partial charge on any atom is 0.0558 e. The molecule has 1 atom stereocenters. The van der Waals surface area contributed by atoms with Gasteiger partial charge in [-0.3, -0.25) is 0 Å². The molecule has 0 aromatic heterocycles. The lowest BCUT2D eigenvalue weighted by molar-refractivity contribution is 0.119. The number of nitrogens with zero attached hydrogens (tertiary/aromatic N) is 1. The van der Waals surface area contributed by atoms with Gasteiger partial charge in [0.1, 0.15) is 0 Å². The molecule has 3 nitrogen and oxygen atoms in total. The van der Waals surface area contributed by atoms with Gasteiger partial charge in [0.05, 0.1) is 6.61 Å². The summed E-state index contributed by atoms with van der Waals surface area (Å²) in [6.45, 7) is 15.6. The molecule has 0 aliphatic carbocycles. The third-order valence-electron chi connectivity index (χ3n) is 3.75. The Kier molecular flexibility index (Phi) is 9.70. The molecule has 0 fully saturated rings. The quantitative estimate of drug-likeness (QED) is 0.598. The van der Waals surface area contributed by atoms with Gasteiger partial charge in [0.2, 0.25) is 0 Å². The topological polar surface area (TPSA) is 35.5 Å². The maximum absolute atomic E-state index is 9.16. The average Bonchev–Trinajstić information content (AvgIpc) is 2.32. The van der Waals surface area contributed by atoms with Gasteiger partial charge in [-0.1, -0.05) is 34.1 Å². The van der Waals surface area contributed by atoms with Gasteiger partial charge in [-0.2, -0.15) is 0 Å². The van der Waals surface area contributed by atoms with Crippen molar-refractivity contribution >= 4 is 0 Å². The lowest BCUT2D eigenvalue weighted by Gasteiger charge is -2.37. The lowest BCUT2D eigenvalue weighted by atomic mass is 9.84. The van der Waals surface area contributed by atoms with Crippen molar-refractivity contribution in [2.24, 2.45) is 5.41 Å². The number of nitrogens with one attached hydrogen (secondary N) is 1. The van der Waals surface area contributed by atoms with Gasteiger partial charge in [0.15, 0.2) is 0 Å². The highest BCUT2D eigenvalue weighted by atomic mass is 16.3. The Balaban J connectivity index is 4.28. The number of hydrogen-bond donors (Lipinski definition) is 2. The molecule has 0 spiro atoms. The molecule has 0 rings (SSSR count). The van der Waals surface area contributed by atoms with Crippen molar-refractivity contribution in [1.82, 2.24) is 10.2 Å². The Morgan fingerprint density at radius 3 is 2.33 bits per heavy atom. The van der Waals surface area contributed by atoms with E-state index in [-0.39, 0.29) is 12.0 Å². The maximum atomic E-state index is 9.16. The van der Waals surface area contributed by atoms with E-state index in [2.05, 4.69) is 44.8 Å². The molecular weight excluding hydrogens is 224 g/mol. The van der Waals surface area contributed by atoms with E-state index in [4.69, 9.17) is 5.11 Å². The van der Waals surface area contributed by atoms with Crippen LogP contribution in [0.25, 0.3) is 0 Å². The summed E-state index contributed by atoms with van der Waals surface area (Å²) < 4.78 is 0. The second-order valence-corrected chi connectivity index (χ2v) is 6.02. The van der Waals surface area contributed by atoms with Crippen LogP contribution in [0.5, 0.6) is 0 Å². The molecular formula is C15H34N2O. The molecule has 0 saturated carbocycles. The van der Waals surface area contributed by atoms with E-state index < -0.39 is 0 Å². The molecule has 2 N–H and O–H groups in total. The summed E-state index contributed by atoms with van der Waals surface area (Å²) >= 11 is 0. The monoisotopic (exact) mass is 258 g/mol. The van der Waals surface area contributed by atoms with Crippen LogP contribution in [0.4, 0.5) is 0 Å². The minimum atomic E-state index is 0.234. The Hall–Kier alpha value is -0.120. The Labute approximate surface area is 114 Å². The third-order valence-corrected chi connectivity index (χ3v) is 3.75.